The van der Waals surface area contributed by atoms with E-state index >= 15 is 0 Å². The number of methoxy groups -OCH3 is 3. The number of piperidine rings is 1. The molecule has 4 aliphatic rings. The molecule has 396 valence electrons. The third-order valence-corrected chi connectivity index (χ3v) is 15.7. The van der Waals surface area contributed by atoms with Crippen molar-refractivity contribution in [3.63, 3.8) is 0 Å². The van der Waals surface area contributed by atoms with Crippen molar-refractivity contribution in [2.24, 2.45) is 35.5 Å². The van der Waals surface area contributed by atoms with Crippen molar-refractivity contribution in [1.29, 1.82) is 0 Å². The minimum atomic E-state index is -2.80. The van der Waals surface area contributed by atoms with E-state index in [-0.39, 0.29) is 68.0 Å². The number of esters is 1. The van der Waals surface area contributed by atoms with E-state index in [1.807, 2.05) is 51.2 Å². The molecule has 0 aromatic carbocycles. The van der Waals surface area contributed by atoms with Crippen LogP contribution in [0.15, 0.2) is 47.6 Å². The number of rotatable bonds is 9. The fourth-order valence-corrected chi connectivity index (χ4v) is 11.4. The van der Waals surface area contributed by atoms with E-state index < -0.39 is 97.5 Å². The highest BCUT2D eigenvalue weighted by Crippen LogP contribution is 2.45. The molecular weight excluding hydrogens is 922 g/mol. The van der Waals surface area contributed by atoms with Crippen LogP contribution in [0.3, 0.4) is 0 Å². The van der Waals surface area contributed by atoms with Crippen LogP contribution in [-0.4, -0.2) is 152 Å². The molecule has 1 aliphatic carbocycles. The van der Waals surface area contributed by atoms with Gasteiger partial charge in [0.05, 0.1) is 31.0 Å². The van der Waals surface area contributed by atoms with E-state index in [1.165, 1.54) is 12.0 Å². The molecule has 1 saturated carbocycles. The monoisotopic (exact) mass is 1010 g/mol. The molecule has 15 atom stereocenters. The Kier molecular flexibility index (Phi) is 23.1. The number of aliphatic hydroxyl groups is 3. The first kappa shape index (κ1) is 59.4. The van der Waals surface area contributed by atoms with Gasteiger partial charge in [-0.15, -0.1) is 0 Å². The second-order valence-electron chi connectivity index (χ2n) is 20.9. The number of nitrogens with zero attached hydrogens (tertiary/aromatic N) is 1. The summed E-state index contributed by atoms with van der Waals surface area (Å²) in [6, 6.07) is -1.17. The summed E-state index contributed by atoms with van der Waals surface area (Å²) in [5.41, 5.74) is 1.15. The predicted molar refractivity (Wildman–Crippen MR) is 265 cm³/mol. The molecule has 17 heteroatoms. The van der Waals surface area contributed by atoms with Gasteiger partial charge in [-0.05, 0) is 107 Å². The number of allylic oxidation sites excluding steroid dienone is 6. The number of hydrogen-bond acceptors (Lipinski definition) is 15. The van der Waals surface area contributed by atoms with Crippen LogP contribution in [0.4, 0.5) is 0 Å². The summed E-state index contributed by atoms with van der Waals surface area (Å²) in [7, 11) is 1.65. The standard InChI is InChI=1S/C53H84NO15P/c1-32-17-13-12-14-18-33(2)44(64-7)29-40-22-20-37(6)53(62,68-40)50(59)51(60)54-24-16-15-19-41(54)52(61)67-45(35(4)27-38-21-23-43(46(28-38)65-8)69-70(10,11)63)30-42(56)34(3)26-36(5)47(57)49(66-9)48(58)39(25-32)31-55/h12-14,17-18,26,32,34-35,37-41,43-47,49,55,57,62H,15-16,19-25,27-31H2,1-11H3/b14-12+,17-13+,33-18+,36-26+/t32-,34-,35-,37-,38+,39?,40+,41+,43-,44+,45+,46-,47-,49-,53-/m1/s1. The Labute approximate surface area is 416 Å². The Morgan fingerprint density at radius 3 is 2.23 bits per heavy atom. The molecule has 3 aliphatic heterocycles. The topological polar surface area (TPSA) is 222 Å². The highest BCUT2D eigenvalue weighted by molar-refractivity contribution is 7.57. The third-order valence-electron chi connectivity index (χ3n) is 14.9. The van der Waals surface area contributed by atoms with Crippen LogP contribution in [0, 0.1) is 35.5 Å². The van der Waals surface area contributed by atoms with Crippen molar-refractivity contribution in [3.05, 3.63) is 47.6 Å². The number of ketones is 3. The molecule has 0 radical (unpaired) electrons. The third kappa shape index (κ3) is 16.2. The van der Waals surface area contributed by atoms with E-state index in [0.29, 0.717) is 56.9 Å². The summed E-state index contributed by atoms with van der Waals surface area (Å²) in [5.74, 6) is -9.08. The van der Waals surface area contributed by atoms with Gasteiger partial charge in [-0.1, -0.05) is 64.2 Å². The first-order chi connectivity index (χ1) is 33.0. The van der Waals surface area contributed by atoms with Crippen LogP contribution in [-0.2, 0) is 56.7 Å². The highest BCUT2D eigenvalue weighted by Gasteiger charge is 2.53. The van der Waals surface area contributed by atoms with Crippen molar-refractivity contribution >= 4 is 36.6 Å². The van der Waals surface area contributed by atoms with Crippen molar-refractivity contribution < 1.29 is 72.1 Å². The number of hydrogen-bond donors (Lipinski definition) is 3. The van der Waals surface area contributed by atoms with Crippen LogP contribution in [0.1, 0.15) is 119 Å². The van der Waals surface area contributed by atoms with Crippen molar-refractivity contribution in [2.75, 3.05) is 47.8 Å². The van der Waals surface area contributed by atoms with Crippen molar-refractivity contribution in [2.45, 2.75) is 173 Å². The Balaban J connectivity index is 1.72. The Hall–Kier alpha value is -3.18. The molecule has 1 amide bonds. The van der Waals surface area contributed by atoms with E-state index in [1.54, 1.807) is 54.4 Å². The number of ether oxygens (including phenoxy) is 5. The lowest BCUT2D eigenvalue weighted by molar-refractivity contribution is -0.265. The molecule has 2 saturated heterocycles. The first-order valence-corrected chi connectivity index (χ1v) is 27.8. The van der Waals surface area contributed by atoms with Crippen LogP contribution in [0.2, 0.25) is 0 Å². The van der Waals surface area contributed by atoms with Gasteiger partial charge >= 0.3 is 5.97 Å². The molecule has 1 unspecified atom stereocenters. The number of fused-ring (bicyclic) bond motifs is 3. The number of amides is 1. The molecule has 4 rings (SSSR count). The van der Waals surface area contributed by atoms with E-state index in [2.05, 4.69) is 0 Å². The number of carbonyl (C=O) groups excluding carboxylic acids is 5. The zero-order valence-electron chi connectivity index (χ0n) is 43.6. The predicted octanol–water partition coefficient (Wildman–Crippen LogP) is 6.72. The first-order valence-electron chi connectivity index (χ1n) is 25.3. The Morgan fingerprint density at radius 2 is 1.59 bits per heavy atom. The second-order valence-corrected chi connectivity index (χ2v) is 23.6. The number of Topliss-reactive ketones (excluding diaryl/α,β-unsaturated/α-hetero) is 3. The maximum Gasteiger partial charge on any atom is 0.329 e. The summed E-state index contributed by atoms with van der Waals surface area (Å²) in [6.45, 7) is 13.4. The second kappa shape index (κ2) is 27.2. The Bertz CT molecular complexity index is 1960. The fraction of sp³-hybridized carbons (Fsp3) is 0.755. The average molecular weight is 1010 g/mol. The molecule has 70 heavy (non-hydrogen) atoms. The van der Waals surface area contributed by atoms with Gasteiger partial charge in [-0.2, -0.15) is 0 Å². The lowest BCUT2D eigenvalue weighted by atomic mass is 9.78. The normalized spacial score (nSPS) is 38.6. The number of aliphatic hydroxyl groups excluding tert-OH is 2. The van der Waals surface area contributed by atoms with Crippen LogP contribution >= 0.6 is 7.37 Å². The molecule has 16 nitrogen and oxygen atoms in total. The smallest absolute Gasteiger partial charge is 0.329 e. The maximum atomic E-state index is 14.5. The quantitative estimate of drug-likeness (QED) is 0.0945. The molecule has 2 bridgehead atoms. The Morgan fingerprint density at radius 1 is 0.871 bits per heavy atom. The minimum absolute atomic E-state index is 0.0639. The molecule has 0 spiro atoms. The van der Waals surface area contributed by atoms with Gasteiger partial charge < -0.3 is 48.4 Å². The van der Waals surface area contributed by atoms with Gasteiger partial charge in [0.15, 0.2) is 13.2 Å². The molecule has 3 fully saturated rings. The average Bonchev–Trinajstić information content (AvgIpc) is 3.32. The summed E-state index contributed by atoms with van der Waals surface area (Å²) in [5, 5.41) is 33.8. The molecule has 3 heterocycles. The minimum Gasteiger partial charge on any atom is -0.460 e. The van der Waals surface area contributed by atoms with Gasteiger partial charge in [-0.3, -0.25) is 23.7 Å². The summed E-state index contributed by atoms with van der Waals surface area (Å²) in [4.78, 5) is 72.3. The van der Waals surface area contributed by atoms with Crippen LogP contribution in [0.5, 0.6) is 0 Å². The maximum absolute atomic E-state index is 14.5. The zero-order chi connectivity index (χ0) is 52.1. The lowest BCUT2D eigenvalue weighted by Gasteiger charge is -2.42. The van der Waals surface area contributed by atoms with Crippen molar-refractivity contribution in [1.82, 2.24) is 4.90 Å². The van der Waals surface area contributed by atoms with Crippen molar-refractivity contribution in [3.8, 4) is 0 Å². The van der Waals surface area contributed by atoms with Gasteiger partial charge in [0, 0.05) is 71.8 Å². The van der Waals surface area contributed by atoms with Gasteiger partial charge in [0.2, 0.25) is 5.79 Å². The summed E-state index contributed by atoms with van der Waals surface area (Å²) >= 11 is 0. The molecular formula is C53H84NO15P. The number of carbonyl (C=O) groups is 5. The highest BCUT2D eigenvalue weighted by atomic mass is 31.2. The largest absolute Gasteiger partial charge is 0.460 e. The van der Waals surface area contributed by atoms with E-state index in [0.717, 1.165) is 5.57 Å². The zero-order valence-corrected chi connectivity index (χ0v) is 44.5. The van der Waals surface area contributed by atoms with Crippen LogP contribution < -0.4 is 0 Å². The SMILES string of the molecule is CO[C@H]1C[C@@H]2CC[C@@H](C)[C@@](O)(O2)C(=O)C(=O)N2CCCC[C@H]2C(=O)O[C@H]([C@H](C)C[C@@H]2CC[C@@H](OP(C)(C)=O)[C@H](OC)C2)CC(=O)[C@H](C)/C=C(\C)[C@@H](O)[C@@H](OC)C(=O)C(CO)C[C@H](C)/C=C/C=C/C=C/1C. The van der Waals surface area contributed by atoms with E-state index in [9.17, 15) is 43.9 Å². The summed E-state index contributed by atoms with van der Waals surface area (Å²) < 4.78 is 48.1. The van der Waals surface area contributed by atoms with E-state index in [4.69, 9.17) is 28.2 Å². The van der Waals surface area contributed by atoms with Gasteiger partial charge in [0.1, 0.15) is 30.1 Å². The number of cyclic esters (lactones) is 1. The molecule has 0 aromatic rings. The fourth-order valence-electron chi connectivity index (χ4n) is 10.6. The lowest BCUT2D eigenvalue weighted by Crippen LogP contribution is -2.61. The molecule has 3 N–H and O–H groups in total. The molecule has 0 aromatic heterocycles. The summed E-state index contributed by atoms with van der Waals surface area (Å²) in [6.07, 6.45) is 10.2. The van der Waals surface area contributed by atoms with Gasteiger partial charge in [-0.25, -0.2) is 4.79 Å². The van der Waals surface area contributed by atoms with Crippen LogP contribution in [0.25, 0.3) is 0 Å². The van der Waals surface area contributed by atoms with Gasteiger partial charge in [0.25, 0.3) is 11.7 Å².